The topological polar surface area (TPSA) is 50.9 Å². The lowest BCUT2D eigenvalue weighted by Gasteiger charge is -2.18. The first kappa shape index (κ1) is 11.1. The fourth-order valence-electron chi connectivity index (χ4n) is 1.42. The summed E-state index contributed by atoms with van der Waals surface area (Å²) in [7, 11) is 0. The molecule has 0 radical (unpaired) electrons. The van der Waals surface area contributed by atoms with Crippen LogP contribution in [0.4, 0.5) is 4.39 Å². The molecule has 1 aromatic rings. The normalized spacial score (nSPS) is 13.2. The number of nitrogens with zero attached hydrogens (tertiary/aromatic N) is 1. The molecule has 0 saturated heterocycles. The van der Waals surface area contributed by atoms with Crippen molar-refractivity contribution in [2.45, 2.75) is 26.3 Å². The lowest BCUT2D eigenvalue weighted by Crippen LogP contribution is -2.29. The van der Waals surface area contributed by atoms with Crippen molar-refractivity contribution >= 4 is 0 Å². The fraction of sp³-hybridized carbons (Fsp3) is 0.500. The van der Waals surface area contributed by atoms with E-state index in [1.54, 1.807) is 12.3 Å². The van der Waals surface area contributed by atoms with Crippen molar-refractivity contribution in [3.63, 3.8) is 0 Å². The third-order valence-corrected chi connectivity index (χ3v) is 2.09. The monoisotopic (exact) mass is 197 g/mol. The molecule has 14 heavy (non-hydrogen) atoms. The number of aromatic nitrogens is 1. The Morgan fingerprint density at radius 2 is 2.29 bits per heavy atom. The molecule has 0 aliphatic heterocycles. The minimum Gasteiger partial charge on any atom is -0.271 e. The highest BCUT2D eigenvalue weighted by atomic mass is 19.1. The Bertz CT molecular complexity index is 288. The zero-order valence-corrected chi connectivity index (χ0v) is 8.50. The molecule has 1 unspecified atom stereocenters. The van der Waals surface area contributed by atoms with Crippen molar-refractivity contribution < 1.29 is 4.39 Å². The zero-order chi connectivity index (χ0) is 10.6. The van der Waals surface area contributed by atoms with E-state index in [1.807, 2.05) is 0 Å². The molecular formula is C10H16FN3. The second kappa shape index (κ2) is 5.02. The van der Waals surface area contributed by atoms with E-state index >= 15 is 0 Å². The van der Waals surface area contributed by atoms with Gasteiger partial charge in [0.05, 0.1) is 6.20 Å². The van der Waals surface area contributed by atoms with Gasteiger partial charge in [-0.1, -0.05) is 13.8 Å². The molecule has 0 saturated carbocycles. The molecule has 1 atom stereocenters. The highest BCUT2D eigenvalue weighted by molar-refractivity contribution is 5.17. The SMILES string of the molecule is CC(C)CC(NN)c1ccncc1F. The van der Waals surface area contributed by atoms with Crippen LogP contribution in [0.15, 0.2) is 18.5 Å². The maximum absolute atomic E-state index is 13.3. The number of hydrogen-bond donors (Lipinski definition) is 2. The van der Waals surface area contributed by atoms with Crippen molar-refractivity contribution in [2.75, 3.05) is 0 Å². The summed E-state index contributed by atoms with van der Waals surface area (Å²) in [5, 5.41) is 0. The Morgan fingerprint density at radius 1 is 1.57 bits per heavy atom. The van der Waals surface area contributed by atoms with Gasteiger partial charge >= 0.3 is 0 Å². The maximum atomic E-state index is 13.3. The smallest absolute Gasteiger partial charge is 0.146 e. The maximum Gasteiger partial charge on any atom is 0.146 e. The van der Waals surface area contributed by atoms with E-state index in [1.165, 1.54) is 6.20 Å². The number of nitrogens with two attached hydrogens (primary N) is 1. The Labute approximate surface area is 83.5 Å². The molecule has 0 bridgehead atoms. The third-order valence-electron chi connectivity index (χ3n) is 2.09. The highest BCUT2D eigenvalue weighted by Gasteiger charge is 2.15. The van der Waals surface area contributed by atoms with Crippen LogP contribution in [0.5, 0.6) is 0 Å². The number of nitrogens with one attached hydrogen (secondary N) is 1. The van der Waals surface area contributed by atoms with Crippen LogP contribution in [-0.4, -0.2) is 4.98 Å². The fourth-order valence-corrected chi connectivity index (χ4v) is 1.42. The van der Waals surface area contributed by atoms with Crippen LogP contribution in [-0.2, 0) is 0 Å². The lowest BCUT2D eigenvalue weighted by molar-refractivity contribution is 0.422. The number of hydrogen-bond acceptors (Lipinski definition) is 3. The van der Waals surface area contributed by atoms with Gasteiger partial charge in [-0.3, -0.25) is 16.3 Å². The summed E-state index contributed by atoms with van der Waals surface area (Å²) in [6.45, 7) is 4.15. The Balaban J connectivity index is 2.83. The number of rotatable bonds is 4. The van der Waals surface area contributed by atoms with Crippen LogP contribution >= 0.6 is 0 Å². The molecule has 0 aliphatic rings. The van der Waals surface area contributed by atoms with Gasteiger partial charge in [0.2, 0.25) is 0 Å². The average molecular weight is 197 g/mol. The first-order chi connectivity index (χ1) is 6.65. The molecule has 1 aromatic heterocycles. The van der Waals surface area contributed by atoms with Gasteiger partial charge in [-0.15, -0.1) is 0 Å². The number of pyridine rings is 1. The van der Waals surface area contributed by atoms with Crippen LogP contribution in [0.25, 0.3) is 0 Å². The van der Waals surface area contributed by atoms with Gasteiger partial charge in [-0.2, -0.15) is 0 Å². The van der Waals surface area contributed by atoms with Crippen LogP contribution in [0.3, 0.4) is 0 Å². The van der Waals surface area contributed by atoms with Crippen LogP contribution < -0.4 is 11.3 Å². The van der Waals surface area contributed by atoms with E-state index in [0.29, 0.717) is 11.5 Å². The van der Waals surface area contributed by atoms with Gasteiger partial charge in [-0.05, 0) is 18.4 Å². The van der Waals surface area contributed by atoms with Crippen LogP contribution in [0.1, 0.15) is 31.9 Å². The molecule has 0 aromatic carbocycles. The van der Waals surface area contributed by atoms with Crippen molar-refractivity contribution in [1.82, 2.24) is 10.4 Å². The minimum absolute atomic E-state index is 0.141. The summed E-state index contributed by atoms with van der Waals surface area (Å²) >= 11 is 0. The summed E-state index contributed by atoms with van der Waals surface area (Å²) in [5.74, 6) is 5.54. The molecule has 78 valence electrons. The van der Waals surface area contributed by atoms with Crippen LogP contribution in [0.2, 0.25) is 0 Å². The standard InChI is InChI=1S/C10H16FN3/c1-7(2)5-10(14-12)8-3-4-13-6-9(8)11/h3-4,6-7,10,14H,5,12H2,1-2H3. The van der Waals surface area contributed by atoms with E-state index in [2.05, 4.69) is 24.3 Å². The van der Waals surface area contributed by atoms with E-state index in [0.717, 1.165) is 6.42 Å². The lowest BCUT2D eigenvalue weighted by atomic mass is 9.98. The third kappa shape index (κ3) is 2.75. The number of halogens is 1. The first-order valence-corrected chi connectivity index (χ1v) is 4.70. The predicted molar refractivity (Wildman–Crippen MR) is 53.7 cm³/mol. The van der Waals surface area contributed by atoms with E-state index in [-0.39, 0.29) is 11.9 Å². The quantitative estimate of drug-likeness (QED) is 0.571. The van der Waals surface area contributed by atoms with Gasteiger partial charge in [0.15, 0.2) is 0 Å². The van der Waals surface area contributed by atoms with Gasteiger partial charge in [0.25, 0.3) is 0 Å². The van der Waals surface area contributed by atoms with Gasteiger partial charge in [-0.25, -0.2) is 4.39 Å². The molecule has 1 heterocycles. The zero-order valence-electron chi connectivity index (χ0n) is 8.50. The Morgan fingerprint density at radius 3 is 2.79 bits per heavy atom. The Kier molecular flexibility index (Phi) is 3.98. The van der Waals surface area contributed by atoms with Crippen LogP contribution in [0, 0.1) is 11.7 Å². The van der Waals surface area contributed by atoms with E-state index < -0.39 is 0 Å². The summed E-state index contributed by atoms with van der Waals surface area (Å²) in [4.78, 5) is 3.70. The van der Waals surface area contributed by atoms with E-state index in [9.17, 15) is 4.39 Å². The largest absolute Gasteiger partial charge is 0.271 e. The summed E-state index contributed by atoms with van der Waals surface area (Å²) in [6.07, 6.45) is 3.58. The average Bonchev–Trinajstić information content (AvgIpc) is 2.15. The first-order valence-electron chi connectivity index (χ1n) is 4.70. The minimum atomic E-state index is -0.309. The molecule has 3 N–H and O–H groups in total. The second-order valence-electron chi connectivity index (χ2n) is 3.75. The number of hydrazine groups is 1. The summed E-state index contributed by atoms with van der Waals surface area (Å²) in [5.41, 5.74) is 3.20. The molecular weight excluding hydrogens is 181 g/mol. The highest BCUT2D eigenvalue weighted by Crippen LogP contribution is 2.21. The Hall–Kier alpha value is -1.00. The summed E-state index contributed by atoms with van der Waals surface area (Å²) < 4.78 is 13.3. The molecule has 4 heteroatoms. The molecule has 1 rings (SSSR count). The van der Waals surface area contributed by atoms with Gasteiger partial charge < -0.3 is 0 Å². The molecule has 0 aliphatic carbocycles. The predicted octanol–water partition coefficient (Wildman–Crippen LogP) is 1.77. The van der Waals surface area contributed by atoms with Crippen molar-refractivity contribution in [3.8, 4) is 0 Å². The van der Waals surface area contributed by atoms with Gasteiger partial charge in [0.1, 0.15) is 5.82 Å². The van der Waals surface area contributed by atoms with Crippen molar-refractivity contribution in [3.05, 3.63) is 29.8 Å². The molecule has 3 nitrogen and oxygen atoms in total. The van der Waals surface area contributed by atoms with Gasteiger partial charge in [0, 0.05) is 17.8 Å². The molecule has 0 spiro atoms. The summed E-state index contributed by atoms with van der Waals surface area (Å²) in [6, 6.07) is 1.51. The molecule has 0 amide bonds. The second-order valence-corrected chi connectivity index (χ2v) is 3.75. The van der Waals surface area contributed by atoms with E-state index in [4.69, 9.17) is 5.84 Å². The van der Waals surface area contributed by atoms with Crippen molar-refractivity contribution in [2.24, 2.45) is 11.8 Å². The molecule has 0 fully saturated rings. The van der Waals surface area contributed by atoms with Crippen molar-refractivity contribution in [1.29, 1.82) is 0 Å².